The summed E-state index contributed by atoms with van der Waals surface area (Å²) in [7, 11) is 0. The molecule has 1 aromatic carbocycles. The molecule has 1 atom stereocenters. The number of carbonyl (C=O) groups excluding carboxylic acids is 1. The molecule has 18 heavy (non-hydrogen) atoms. The summed E-state index contributed by atoms with van der Waals surface area (Å²) in [5.41, 5.74) is 0.0496. The fraction of sp³-hybridized carbons (Fsp3) is 0.533. The van der Waals surface area contributed by atoms with Gasteiger partial charge < -0.3 is 9.47 Å². The van der Waals surface area contributed by atoms with Gasteiger partial charge in [0.2, 0.25) is 0 Å². The van der Waals surface area contributed by atoms with E-state index in [1.165, 1.54) is 0 Å². The van der Waals surface area contributed by atoms with Gasteiger partial charge >= 0.3 is 0 Å². The van der Waals surface area contributed by atoms with Crippen molar-refractivity contribution in [1.29, 1.82) is 0 Å². The summed E-state index contributed by atoms with van der Waals surface area (Å²) in [5.74, 6) is 0.869. The van der Waals surface area contributed by atoms with E-state index < -0.39 is 5.60 Å². The highest BCUT2D eigenvalue weighted by molar-refractivity contribution is 6.02. The molecular formula is C15H20O3. The Morgan fingerprint density at radius 3 is 2.61 bits per heavy atom. The predicted octanol–water partition coefficient (Wildman–Crippen LogP) is 3.23. The highest BCUT2D eigenvalue weighted by atomic mass is 16.5. The summed E-state index contributed by atoms with van der Waals surface area (Å²) in [6.45, 7) is 5.15. The minimum absolute atomic E-state index is 0.0743. The second kappa shape index (κ2) is 5.53. The van der Waals surface area contributed by atoms with Crippen LogP contribution in [-0.2, 0) is 4.74 Å². The third-order valence-corrected chi connectivity index (χ3v) is 3.38. The molecule has 0 aromatic heterocycles. The van der Waals surface area contributed by atoms with Crippen molar-refractivity contribution in [2.24, 2.45) is 0 Å². The average molecular weight is 248 g/mol. The number of benzene rings is 1. The van der Waals surface area contributed by atoms with Crippen LogP contribution in [0.5, 0.6) is 5.75 Å². The van der Waals surface area contributed by atoms with Gasteiger partial charge in [0, 0.05) is 12.2 Å². The van der Waals surface area contributed by atoms with Gasteiger partial charge in [-0.1, -0.05) is 0 Å². The fourth-order valence-electron chi connectivity index (χ4n) is 2.29. The monoisotopic (exact) mass is 248 g/mol. The first kappa shape index (κ1) is 13.1. The van der Waals surface area contributed by atoms with Crippen molar-refractivity contribution in [2.45, 2.75) is 38.7 Å². The van der Waals surface area contributed by atoms with Crippen LogP contribution in [0.3, 0.4) is 0 Å². The van der Waals surface area contributed by atoms with Crippen LogP contribution in [0.1, 0.15) is 43.5 Å². The number of rotatable bonds is 4. The lowest BCUT2D eigenvalue weighted by Gasteiger charge is -2.32. The first-order valence-electron chi connectivity index (χ1n) is 6.57. The Kier molecular flexibility index (Phi) is 4.02. The molecule has 3 nitrogen and oxygen atoms in total. The number of hydrogen-bond acceptors (Lipinski definition) is 3. The Morgan fingerprint density at radius 2 is 2.06 bits per heavy atom. The quantitative estimate of drug-likeness (QED) is 0.767. The molecule has 0 bridgehead atoms. The summed E-state index contributed by atoms with van der Waals surface area (Å²) in [5, 5.41) is 0. The summed E-state index contributed by atoms with van der Waals surface area (Å²) in [6, 6.07) is 7.30. The largest absolute Gasteiger partial charge is 0.494 e. The Labute approximate surface area is 108 Å². The highest BCUT2D eigenvalue weighted by Crippen LogP contribution is 2.28. The van der Waals surface area contributed by atoms with Crippen LogP contribution in [0.4, 0.5) is 0 Å². The maximum Gasteiger partial charge on any atom is 0.194 e. The molecule has 1 aliphatic rings. The highest BCUT2D eigenvalue weighted by Gasteiger charge is 2.36. The van der Waals surface area contributed by atoms with Gasteiger partial charge in [0.15, 0.2) is 5.78 Å². The maximum absolute atomic E-state index is 12.4. The topological polar surface area (TPSA) is 35.5 Å². The van der Waals surface area contributed by atoms with Crippen LogP contribution in [0.25, 0.3) is 0 Å². The van der Waals surface area contributed by atoms with Crippen molar-refractivity contribution in [3.8, 4) is 5.75 Å². The second-order valence-corrected chi connectivity index (χ2v) is 4.82. The molecule has 1 aliphatic heterocycles. The van der Waals surface area contributed by atoms with Crippen LogP contribution in [0.15, 0.2) is 24.3 Å². The zero-order valence-corrected chi connectivity index (χ0v) is 11.1. The lowest BCUT2D eigenvalue weighted by molar-refractivity contribution is -0.0426. The van der Waals surface area contributed by atoms with E-state index in [2.05, 4.69) is 0 Å². The molecule has 0 aliphatic carbocycles. The molecule has 1 saturated heterocycles. The number of hydrogen-bond donors (Lipinski definition) is 0. The van der Waals surface area contributed by atoms with E-state index >= 15 is 0 Å². The lowest BCUT2D eigenvalue weighted by atomic mass is 9.88. The van der Waals surface area contributed by atoms with E-state index in [1.807, 2.05) is 38.1 Å². The van der Waals surface area contributed by atoms with Gasteiger partial charge in [-0.3, -0.25) is 4.79 Å². The summed E-state index contributed by atoms with van der Waals surface area (Å²) < 4.78 is 11.0. The number of Topliss-reactive ketones (excluding diaryl/α,β-unsaturated/α-hetero) is 1. The van der Waals surface area contributed by atoms with Gasteiger partial charge in [0.25, 0.3) is 0 Å². The van der Waals surface area contributed by atoms with Crippen molar-refractivity contribution < 1.29 is 14.3 Å². The first-order valence-corrected chi connectivity index (χ1v) is 6.57. The number of carbonyl (C=O) groups is 1. The minimum atomic E-state index is -0.647. The average Bonchev–Trinajstić information content (AvgIpc) is 2.40. The molecule has 0 radical (unpaired) electrons. The molecule has 98 valence electrons. The molecule has 0 spiro atoms. The summed E-state index contributed by atoms with van der Waals surface area (Å²) >= 11 is 0. The first-order chi connectivity index (χ1) is 8.65. The predicted molar refractivity (Wildman–Crippen MR) is 70.1 cm³/mol. The van der Waals surface area contributed by atoms with Crippen LogP contribution in [0.2, 0.25) is 0 Å². The van der Waals surface area contributed by atoms with Crippen molar-refractivity contribution in [2.75, 3.05) is 13.2 Å². The molecule has 1 fully saturated rings. The van der Waals surface area contributed by atoms with E-state index in [9.17, 15) is 4.79 Å². The zero-order valence-electron chi connectivity index (χ0n) is 11.1. The Balaban J connectivity index is 2.12. The molecule has 3 heteroatoms. The van der Waals surface area contributed by atoms with E-state index in [0.29, 0.717) is 18.8 Å². The SMILES string of the molecule is CCOc1ccc(C(=O)C2(C)CCCCO2)cc1. The van der Waals surface area contributed by atoms with Gasteiger partial charge in [-0.25, -0.2) is 0 Å². The Morgan fingerprint density at radius 1 is 1.33 bits per heavy atom. The standard InChI is InChI=1S/C15H20O3/c1-3-17-13-8-6-12(7-9-13)14(16)15(2)10-4-5-11-18-15/h6-9H,3-5,10-11H2,1-2H3. The summed E-state index contributed by atoms with van der Waals surface area (Å²) in [4.78, 5) is 12.4. The van der Waals surface area contributed by atoms with Gasteiger partial charge in [-0.05, 0) is 57.4 Å². The molecule has 1 unspecified atom stereocenters. The molecule has 0 saturated carbocycles. The molecule has 1 heterocycles. The van der Waals surface area contributed by atoms with E-state index in [1.54, 1.807) is 0 Å². The summed E-state index contributed by atoms with van der Waals surface area (Å²) in [6.07, 6.45) is 2.91. The Hall–Kier alpha value is -1.35. The number of ketones is 1. The molecule has 1 aromatic rings. The van der Waals surface area contributed by atoms with E-state index in [0.717, 1.165) is 25.0 Å². The van der Waals surface area contributed by atoms with Gasteiger partial charge in [0.1, 0.15) is 11.4 Å². The van der Waals surface area contributed by atoms with E-state index in [4.69, 9.17) is 9.47 Å². The maximum atomic E-state index is 12.4. The van der Waals surface area contributed by atoms with Gasteiger partial charge in [0.05, 0.1) is 6.61 Å². The van der Waals surface area contributed by atoms with Crippen LogP contribution in [-0.4, -0.2) is 24.6 Å². The van der Waals surface area contributed by atoms with Crippen molar-refractivity contribution in [3.63, 3.8) is 0 Å². The fourth-order valence-corrected chi connectivity index (χ4v) is 2.29. The Bertz CT molecular complexity index is 402. The second-order valence-electron chi connectivity index (χ2n) is 4.82. The van der Waals surface area contributed by atoms with Crippen molar-refractivity contribution >= 4 is 5.78 Å². The molecule has 0 amide bonds. The van der Waals surface area contributed by atoms with Crippen molar-refractivity contribution in [3.05, 3.63) is 29.8 Å². The van der Waals surface area contributed by atoms with Crippen LogP contribution < -0.4 is 4.74 Å². The zero-order chi connectivity index (χ0) is 13.0. The molecular weight excluding hydrogens is 228 g/mol. The van der Waals surface area contributed by atoms with Crippen LogP contribution >= 0.6 is 0 Å². The lowest BCUT2D eigenvalue weighted by Crippen LogP contribution is -2.41. The smallest absolute Gasteiger partial charge is 0.194 e. The third kappa shape index (κ3) is 2.72. The third-order valence-electron chi connectivity index (χ3n) is 3.38. The minimum Gasteiger partial charge on any atom is -0.494 e. The molecule has 0 N–H and O–H groups in total. The van der Waals surface area contributed by atoms with E-state index in [-0.39, 0.29) is 5.78 Å². The van der Waals surface area contributed by atoms with Gasteiger partial charge in [-0.2, -0.15) is 0 Å². The van der Waals surface area contributed by atoms with Crippen LogP contribution in [0, 0.1) is 0 Å². The molecule has 2 rings (SSSR count). The van der Waals surface area contributed by atoms with Crippen molar-refractivity contribution in [1.82, 2.24) is 0 Å². The number of ether oxygens (including phenoxy) is 2. The normalized spacial score (nSPS) is 23.7. The van der Waals surface area contributed by atoms with Gasteiger partial charge in [-0.15, -0.1) is 0 Å².